The van der Waals surface area contributed by atoms with Gasteiger partial charge < -0.3 is 14.8 Å². The topological polar surface area (TPSA) is 78.3 Å². The van der Waals surface area contributed by atoms with Crippen LogP contribution >= 0.6 is 0 Å². The largest absolute Gasteiger partial charge is 0.497 e. The van der Waals surface area contributed by atoms with Crippen molar-refractivity contribution in [1.82, 2.24) is 14.8 Å². The van der Waals surface area contributed by atoms with E-state index in [0.29, 0.717) is 18.8 Å². The summed E-state index contributed by atoms with van der Waals surface area (Å²) in [5.74, 6) is 1.24. The van der Waals surface area contributed by atoms with Crippen LogP contribution in [0.25, 0.3) is 16.6 Å². The fourth-order valence-corrected chi connectivity index (χ4v) is 3.57. The Bertz CT molecular complexity index is 1300. The van der Waals surface area contributed by atoms with Crippen LogP contribution in [0.5, 0.6) is 5.75 Å². The minimum Gasteiger partial charge on any atom is -0.497 e. The summed E-state index contributed by atoms with van der Waals surface area (Å²) in [5, 5.41) is 9.05. The van der Waals surface area contributed by atoms with Gasteiger partial charge in [0, 0.05) is 17.3 Å². The molecule has 176 valence electrons. The van der Waals surface area contributed by atoms with Crippen molar-refractivity contribution < 1.29 is 14.3 Å². The van der Waals surface area contributed by atoms with Gasteiger partial charge >= 0.3 is 5.97 Å². The van der Waals surface area contributed by atoms with Crippen LogP contribution in [0.1, 0.15) is 49.4 Å². The quantitative estimate of drug-likeness (QED) is 0.368. The first-order chi connectivity index (χ1) is 16.3. The molecule has 0 bridgehead atoms. The molecule has 7 heteroatoms. The Morgan fingerprint density at radius 2 is 1.79 bits per heavy atom. The van der Waals surface area contributed by atoms with Gasteiger partial charge in [-0.3, -0.25) is 0 Å². The fraction of sp³-hybridized carbons (Fsp3) is 0.296. The number of esters is 1. The molecule has 2 aromatic carbocycles. The number of benzene rings is 2. The number of nitrogens with one attached hydrogen (secondary N) is 1. The number of carbonyl (C=O) groups is 1. The monoisotopic (exact) mass is 458 g/mol. The summed E-state index contributed by atoms with van der Waals surface area (Å²) in [6, 6.07) is 19.6. The second-order valence-electron chi connectivity index (χ2n) is 9.07. The van der Waals surface area contributed by atoms with E-state index in [9.17, 15) is 4.79 Å². The second kappa shape index (κ2) is 9.55. The Kier molecular flexibility index (Phi) is 6.54. The smallest absolute Gasteiger partial charge is 0.357 e. The summed E-state index contributed by atoms with van der Waals surface area (Å²) in [6.45, 7) is 8.97. The number of hydrogen-bond donors (Lipinski definition) is 1. The molecule has 2 aromatic heterocycles. The number of ether oxygens (including phenoxy) is 2. The highest BCUT2D eigenvalue weighted by Gasteiger charge is 2.24. The lowest BCUT2D eigenvalue weighted by Gasteiger charge is -2.14. The lowest BCUT2D eigenvalue weighted by Crippen LogP contribution is -2.13. The standard InChI is InChI=1S/C27H30N4O3/c1-6-34-26(32)23-16-24(27(2,3)4)30-31(23)20-10-13-22-19(15-20)9-14-25(29-22)28-17-18-7-11-21(33-5)12-8-18/h7-16H,6,17H2,1-5H3,(H,28,29). The number of methoxy groups -OCH3 is 1. The first-order valence-electron chi connectivity index (χ1n) is 11.3. The second-order valence-corrected chi connectivity index (χ2v) is 9.07. The zero-order valence-electron chi connectivity index (χ0n) is 20.3. The number of fused-ring (bicyclic) bond motifs is 1. The van der Waals surface area contributed by atoms with Gasteiger partial charge in [0.2, 0.25) is 0 Å². The Morgan fingerprint density at radius 1 is 1.03 bits per heavy atom. The average Bonchev–Trinajstić information content (AvgIpc) is 3.29. The van der Waals surface area contributed by atoms with Gasteiger partial charge in [0.25, 0.3) is 0 Å². The summed E-state index contributed by atoms with van der Waals surface area (Å²) in [5.41, 5.74) is 3.81. The van der Waals surface area contributed by atoms with Gasteiger partial charge in [-0.15, -0.1) is 0 Å². The lowest BCUT2D eigenvalue weighted by atomic mass is 9.92. The molecule has 0 aliphatic heterocycles. The zero-order valence-corrected chi connectivity index (χ0v) is 20.3. The van der Waals surface area contributed by atoms with Crippen molar-refractivity contribution in [3.63, 3.8) is 0 Å². The van der Waals surface area contributed by atoms with Crippen LogP contribution in [0, 0.1) is 0 Å². The lowest BCUT2D eigenvalue weighted by molar-refractivity contribution is 0.0515. The Balaban J connectivity index is 1.60. The number of aromatic nitrogens is 3. The van der Waals surface area contributed by atoms with Gasteiger partial charge in [-0.1, -0.05) is 32.9 Å². The molecule has 4 aromatic rings. The molecule has 0 unspecified atom stereocenters. The van der Waals surface area contributed by atoms with E-state index in [1.54, 1.807) is 18.7 Å². The third-order valence-corrected chi connectivity index (χ3v) is 5.51. The van der Waals surface area contributed by atoms with Crippen LogP contribution in [0.15, 0.2) is 60.7 Å². The Morgan fingerprint density at radius 3 is 2.47 bits per heavy atom. The molecule has 0 spiro atoms. The predicted molar refractivity (Wildman–Crippen MR) is 134 cm³/mol. The van der Waals surface area contributed by atoms with Gasteiger partial charge in [-0.05, 0) is 61.0 Å². The number of rotatable bonds is 7. The minimum atomic E-state index is -0.387. The molecule has 7 nitrogen and oxygen atoms in total. The molecule has 0 aliphatic rings. The van der Waals surface area contributed by atoms with Gasteiger partial charge in [-0.25, -0.2) is 14.5 Å². The summed E-state index contributed by atoms with van der Waals surface area (Å²) in [4.78, 5) is 17.3. The first kappa shape index (κ1) is 23.3. The van der Waals surface area contributed by atoms with E-state index in [4.69, 9.17) is 19.6 Å². The molecule has 1 N–H and O–H groups in total. The van der Waals surface area contributed by atoms with E-state index in [2.05, 4.69) is 26.1 Å². The summed E-state index contributed by atoms with van der Waals surface area (Å²) < 4.78 is 12.1. The summed E-state index contributed by atoms with van der Waals surface area (Å²) in [7, 11) is 1.66. The molecule has 0 saturated heterocycles. The molecule has 2 heterocycles. The molecular weight excluding hydrogens is 428 g/mol. The molecule has 0 amide bonds. The maximum Gasteiger partial charge on any atom is 0.357 e. The Labute approximate surface area is 199 Å². The maximum atomic E-state index is 12.6. The number of hydrogen-bond acceptors (Lipinski definition) is 6. The van der Waals surface area contributed by atoms with Crippen molar-refractivity contribution in [2.45, 2.75) is 39.7 Å². The van der Waals surface area contributed by atoms with Gasteiger partial charge in [-0.2, -0.15) is 5.10 Å². The normalized spacial score (nSPS) is 11.4. The fourth-order valence-electron chi connectivity index (χ4n) is 3.57. The van der Waals surface area contributed by atoms with E-state index < -0.39 is 0 Å². The van der Waals surface area contributed by atoms with Crippen LogP contribution in [-0.4, -0.2) is 34.5 Å². The molecule has 0 aliphatic carbocycles. The van der Waals surface area contributed by atoms with Crippen molar-refractivity contribution in [2.24, 2.45) is 0 Å². The van der Waals surface area contributed by atoms with E-state index >= 15 is 0 Å². The van der Waals surface area contributed by atoms with Crippen molar-refractivity contribution in [2.75, 3.05) is 19.0 Å². The summed E-state index contributed by atoms with van der Waals surface area (Å²) in [6.07, 6.45) is 0. The van der Waals surface area contributed by atoms with E-state index in [1.165, 1.54) is 0 Å². The predicted octanol–water partition coefficient (Wildman–Crippen LogP) is 5.52. The van der Waals surface area contributed by atoms with Gasteiger partial charge in [0.1, 0.15) is 11.6 Å². The number of anilines is 1. The molecule has 0 fully saturated rings. The molecule has 0 atom stereocenters. The Hall–Kier alpha value is -3.87. The van der Waals surface area contributed by atoms with Crippen LogP contribution in [-0.2, 0) is 16.7 Å². The zero-order chi connectivity index (χ0) is 24.3. The SMILES string of the molecule is CCOC(=O)c1cc(C(C)(C)C)nn1-c1ccc2nc(NCc3ccc(OC)cc3)ccc2c1. The van der Waals surface area contributed by atoms with Crippen molar-refractivity contribution in [1.29, 1.82) is 0 Å². The third-order valence-electron chi connectivity index (χ3n) is 5.51. The molecule has 4 rings (SSSR count). The molecule has 34 heavy (non-hydrogen) atoms. The highest BCUT2D eigenvalue weighted by molar-refractivity contribution is 5.89. The van der Waals surface area contributed by atoms with E-state index in [0.717, 1.165) is 39.4 Å². The van der Waals surface area contributed by atoms with Gasteiger partial charge in [0.05, 0.1) is 30.6 Å². The maximum absolute atomic E-state index is 12.6. The minimum absolute atomic E-state index is 0.199. The van der Waals surface area contributed by atoms with Gasteiger partial charge in [0.15, 0.2) is 5.69 Å². The van der Waals surface area contributed by atoms with Crippen molar-refractivity contribution in [3.05, 3.63) is 77.6 Å². The highest BCUT2D eigenvalue weighted by Crippen LogP contribution is 2.26. The van der Waals surface area contributed by atoms with Crippen LogP contribution in [0.3, 0.4) is 0 Å². The van der Waals surface area contributed by atoms with Crippen LogP contribution < -0.4 is 10.1 Å². The van der Waals surface area contributed by atoms with Crippen LogP contribution in [0.4, 0.5) is 5.82 Å². The third kappa shape index (κ3) is 5.03. The number of nitrogens with zero attached hydrogens (tertiary/aromatic N) is 3. The highest BCUT2D eigenvalue weighted by atomic mass is 16.5. The number of pyridine rings is 1. The summed E-state index contributed by atoms with van der Waals surface area (Å²) >= 11 is 0. The first-order valence-corrected chi connectivity index (χ1v) is 11.3. The molecule has 0 saturated carbocycles. The average molecular weight is 459 g/mol. The van der Waals surface area contributed by atoms with Crippen LogP contribution in [0.2, 0.25) is 0 Å². The van der Waals surface area contributed by atoms with E-state index in [-0.39, 0.29) is 11.4 Å². The molecular formula is C27H30N4O3. The number of carbonyl (C=O) groups excluding carboxylic acids is 1. The van der Waals surface area contributed by atoms with Crippen molar-refractivity contribution in [3.8, 4) is 11.4 Å². The molecule has 0 radical (unpaired) electrons. The van der Waals surface area contributed by atoms with Crippen molar-refractivity contribution >= 4 is 22.7 Å². The van der Waals surface area contributed by atoms with E-state index in [1.807, 2.05) is 60.7 Å².